The molecule has 0 saturated heterocycles. The molecule has 2 heterocycles. The number of carbonyl (C=O) groups excluding carboxylic acids is 1. The number of aryl methyl sites for hydroxylation is 1. The number of aromatic nitrogens is 3. The fraction of sp³-hybridized carbons (Fsp3) is 0.375. The van der Waals surface area contributed by atoms with Gasteiger partial charge in [-0.15, -0.1) is 0 Å². The average molecular weight is 461 g/mol. The Hall–Kier alpha value is -3.36. The third-order valence-electron chi connectivity index (χ3n) is 5.19. The van der Waals surface area contributed by atoms with Crippen molar-refractivity contribution in [2.45, 2.75) is 45.8 Å². The van der Waals surface area contributed by atoms with Gasteiger partial charge >= 0.3 is 6.18 Å². The van der Waals surface area contributed by atoms with Gasteiger partial charge in [0.05, 0.1) is 22.4 Å². The van der Waals surface area contributed by atoms with Gasteiger partial charge in [-0.3, -0.25) is 9.48 Å². The summed E-state index contributed by atoms with van der Waals surface area (Å²) in [5.41, 5.74) is 0.580. The number of halogens is 3. The van der Waals surface area contributed by atoms with E-state index < -0.39 is 11.7 Å². The molecule has 1 N–H and O–H groups in total. The second-order valence-electron chi connectivity index (χ2n) is 7.68. The van der Waals surface area contributed by atoms with E-state index >= 15 is 0 Å². The largest absolute Gasteiger partial charge is 0.438 e. The fourth-order valence-corrected chi connectivity index (χ4v) is 3.23. The molecule has 0 radical (unpaired) electrons. The molecule has 0 bridgehead atoms. The summed E-state index contributed by atoms with van der Waals surface area (Å²) in [6, 6.07) is 7.78. The molecule has 1 aliphatic carbocycles. The number of pyridine rings is 1. The van der Waals surface area contributed by atoms with Crippen LogP contribution in [-0.4, -0.2) is 26.7 Å². The van der Waals surface area contributed by atoms with Gasteiger partial charge in [-0.2, -0.15) is 18.3 Å². The number of rotatable bonds is 6. The Labute approximate surface area is 190 Å². The maximum Gasteiger partial charge on any atom is 0.416 e. The molecule has 33 heavy (non-hydrogen) atoms. The topological polar surface area (TPSA) is 69.0 Å². The van der Waals surface area contributed by atoms with Gasteiger partial charge in [-0.05, 0) is 62.1 Å². The monoisotopic (exact) mass is 460 g/mol. The van der Waals surface area contributed by atoms with Crippen molar-refractivity contribution in [1.82, 2.24) is 20.1 Å². The van der Waals surface area contributed by atoms with Crippen molar-refractivity contribution >= 4 is 5.91 Å². The molecule has 1 aliphatic rings. The highest BCUT2D eigenvalue weighted by Crippen LogP contribution is 2.35. The van der Waals surface area contributed by atoms with Gasteiger partial charge in [0.15, 0.2) is 0 Å². The lowest BCUT2D eigenvalue weighted by Gasteiger charge is -2.14. The van der Waals surface area contributed by atoms with Crippen molar-refractivity contribution in [1.29, 1.82) is 0 Å². The lowest BCUT2D eigenvalue weighted by atomic mass is 10.1. The van der Waals surface area contributed by atoms with E-state index in [-0.39, 0.29) is 23.6 Å². The van der Waals surface area contributed by atoms with Crippen LogP contribution in [0.2, 0.25) is 0 Å². The highest BCUT2D eigenvalue weighted by Gasteiger charge is 2.30. The molecule has 1 amide bonds. The summed E-state index contributed by atoms with van der Waals surface area (Å²) in [7, 11) is 1.75. The average Bonchev–Trinajstić information content (AvgIpc) is 3.56. The first-order valence-corrected chi connectivity index (χ1v) is 10.9. The minimum atomic E-state index is -4.43. The number of amides is 1. The third kappa shape index (κ3) is 6.12. The summed E-state index contributed by atoms with van der Waals surface area (Å²) in [4.78, 5) is 16.9. The lowest BCUT2D eigenvalue weighted by Crippen LogP contribution is -2.34. The molecule has 3 aromatic rings. The Morgan fingerprint density at radius 2 is 1.85 bits per heavy atom. The smallest absolute Gasteiger partial charge is 0.416 e. The van der Waals surface area contributed by atoms with Crippen LogP contribution in [-0.2, 0) is 13.2 Å². The van der Waals surface area contributed by atoms with Crippen molar-refractivity contribution in [2.75, 3.05) is 0 Å². The van der Waals surface area contributed by atoms with Gasteiger partial charge in [-0.25, -0.2) is 4.98 Å². The van der Waals surface area contributed by atoms with Crippen LogP contribution in [0.5, 0.6) is 11.6 Å². The van der Waals surface area contributed by atoms with Gasteiger partial charge in [-0.1, -0.05) is 13.8 Å². The van der Waals surface area contributed by atoms with E-state index in [0.717, 1.165) is 25.0 Å². The molecule has 1 fully saturated rings. The predicted octanol–water partition coefficient (Wildman–Crippen LogP) is 5.85. The molecule has 0 aliphatic heterocycles. The zero-order valence-corrected chi connectivity index (χ0v) is 19.0. The Balaban J connectivity index is 0.00000149. The summed E-state index contributed by atoms with van der Waals surface area (Å²) >= 11 is 0. The Bertz CT molecular complexity index is 1090. The highest BCUT2D eigenvalue weighted by atomic mass is 19.4. The maximum absolute atomic E-state index is 12.8. The summed E-state index contributed by atoms with van der Waals surface area (Å²) in [5, 5.41) is 7.33. The molecule has 176 valence electrons. The molecule has 4 rings (SSSR count). The summed E-state index contributed by atoms with van der Waals surface area (Å²) in [5.74, 6) is 0.599. The van der Waals surface area contributed by atoms with E-state index in [1.165, 1.54) is 18.3 Å². The predicted molar refractivity (Wildman–Crippen MR) is 119 cm³/mol. The van der Waals surface area contributed by atoms with E-state index in [9.17, 15) is 18.0 Å². The van der Waals surface area contributed by atoms with Gasteiger partial charge in [0, 0.05) is 25.5 Å². The number of benzene rings is 1. The van der Waals surface area contributed by atoms with Crippen molar-refractivity contribution in [3.05, 3.63) is 59.9 Å². The van der Waals surface area contributed by atoms with E-state index in [1.807, 2.05) is 20.8 Å². The second-order valence-corrected chi connectivity index (χ2v) is 7.68. The van der Waals surface area contributed by atoms with E-state index in [0.29, 0.717) is 22.7 Å². The number of nitrogens with zero attached hydrogens (tertiary/aromatic N) is 3. The second kappa shape index (κ2) is 10.1. The molecule has 2 aromatic heterocycles. The number of hydrogen-bond donors (Lipinski definition) is 1. The highest BCUT2D eigenvalue weighted by molar-refractivity contribution is 5.95. The van der Waals surface area contributed by atoms with Crippen LogP contribution in [0.25, 0.3) is 11.3 Å². The minimum Gasteiger partial charge on any atom is -0.438 e. The summed E-state index contributed by atoms with van der Waals surface area (Å²) in [6.07, 6.45) is 0.917. The molecular weight excluding hydrogens is 433 g/mol. The number of carbonyl (C=O) groups is 1. The number of nitrogens with one attached hydrogen (secondary N) is 1. The third-order valence-corrected chi connectivity index (χ3v) is 5.19. The van der Waals surface area contributed by atoms with Crippen LogP contribution in [0.15, 0.2) is 48.8 Å². The Kier molecular flexibility index (Phi) is 7.40. The molecule has 1 aromatic carbocycles. The van der Waals surface area contributed by atoms with E-state index in [4.69, 9.17) is 4.74 Å². The minimum absolute atomic E-state index is 0.0777. The van der Waals surface area contributed by atoms with Crippen molar-refractivity contribution in [3.8, 4) is 22.9 Å². The van der Waals surface area contributed by atoms with Crippen LogP contribution >= 0.6 is 0 Å². The normalized spacial score (nSPS) is 14.2. The number of ether oxygens (including phenoxy) is 1. The fourth-order valence-electron chi connectivity index (χ4n) is 3.23. The zero-order chi connectivity index (χ0) is 24.2. The molecular formula is C24H27F3N4O2. The van der Waals surface area contributed by atoms with Gasteiger partial charge < -0.3 is 10.1 Å². The number of alkyl halides is 3. The Morgan fingerprint density at radius 1 is 1.18 bits per heavy atom. The first-order chi connectivity index (χ1) is 15.7. The molecule has 0 spiro atoms. The van der Waals surface area contributed by atoms with Crippen LogP contribution in [0.3, 0.4) is 0 Å². The first kappa shape index (κ1) is 24.3. The lowest BCUT2D eigenvalue weighted by molar-refractivity contribution is -0.137. The van der Waals surface area contributed by atoms with Crippen LogP contribution < -0.4 is 10.1 Å². The van der Waals surface area contributed by atoms with Crippen LogP contribution in [0.1, 0.15) is 49.5 Å². The van der Waals surface area contributed by atoms with Gasteiger partial charge in [0.25, 0.3) is 5.91 Å². The SMILES string of the molecule is CC.CC(NC(=O)c1cnc(Oc2ccc(C(F)(F)F)cc2)c(-c2ccn(C)n2)c1)C1CC1. The summed E-state index contributed by atoms with van der Waals surface area (Å²) in [6.45, 7) is 5.98. The quantitative estimate of drug-likeness (QED) is 0.501. The number of hydrogen-bond acceptors (Lipinski definition) is 4. The standard InChI is InChI=1S/C22H21F3N4O2.C2H6/c1-13(14-3-4-14)27-20(30)15-11-18(19-9-10-29(2)28-19)21(26-12-15)31-17-7-5-16(6-8-17)22(23,24)25;1-2/h5-14H,3-4H2,1-2H3,(H,27,30);1-2H3. The first-order valence-electron chi connectivity index (χ1n) is 10.9. The molecule has 1 saturated carbocycles. The summed E-state index contributed by atoms with van der Waals surface area (Å²) < 4.78 is 45.7. The van der Waals surface area contributed by atoms with Crippen molar-refractivity contribution < 1.29 is 22.7 Å². The molecule has 6 nitrogen and oxygen atoms in total. The van der Waals surface area contributed by atoms with Gasteiger partial charge in [0.2, 0.25) is 5.88 Å². The Morgan fingerprint density at radius 3 is 2.39 bits per heavy atom. The van der Waals surface area contributed by atoms with Crippen LogP contribution in [0, 0.1) is 5.92 Å². The van der Waals surface area contributed by atoms with Crippen molar-refractivity contribution in [3.63, 3.8) is 0 Å². The van der Waals surface area contributed by atoms with Crippen LogP contribution in [0.4, 0.5) is 13.2 Å². The maximum atomic E-state index is 12.8. The zero-order valence-electron chi connectivity index (χ0n) is 19.0. The van der Waals surface area contributed by atoms with E-state index in [2.05, 4.69) is 15.4 Å². The molecule has 1 unspecified atom stereocenters. The van der Waals surface area contributed by atoms with E-state index in [1.54, 1.807) is 30.1 Å². The van der Waals surface area contributed by atoms with Crippen molar-refractivity contribution in [2.24, 2.45) is 13.0 Å². The van der Waals surface area contributed by atoms with Gasteiger partial charge in [0.1, 0.15) is 5.75 Å². The molecule has 9 heteroatoms. The molecule has 1 atom stereocenters.